The molecule has 0 bridgehead atoms. The largest absolute Gasteiger partial charge is 0.479 e. The van der Waals surface area contributed by atoms with Crippen molar-refractivity contribution in [3.63, 3.8) is 0 Å². The molecule has 178 valence electrons. The number of piperidine rings is 1. The number of hydrogen-bond acceptors (Lipinski definition) is 5. The van der Waals surface area contributed by atoms with Crippen molar-refractivity contribution in [3.8, 4) is 11.1 Å². The van der Waals surface area contributed by atoms with Gasteiger partial charge in [-0.15, -0.1) is 0 Å². The van der Waals surface area contributed by atoms with E-state index in [1.807, 2.05) is 36.4 Å². The summed E-state index contributed by atoms with van der Waals surface area (Å²) in [7, 11) is 0. The van der Waals surface area contributed by atoms with Crippen LogP contribution in [-0.4, -0.2) is 46.7 Å². The highest BCUT2D eigenvalue weighted by Crippen LogP contribution is 2.55. The van der Waals surface area contributed by atoms with E-state index < -0.39 is 23.5 Å². The van der Waals surface area contributed by atoms with Crippen LogP contribution in [0.25, 0.3) is 11.1 Å². The number of carboxylic acid groups (broad SMARTS) is 1. The molecule has 2 atom stereocenters. The second-order valence-corrected chi connectivity index (χ2v) is 9.34. The number of carbonyl (C=O) groups is 3. The first-order valence-electron chi connectivity index (χ1n) is 11.8. The van der Waals surface area contributed by atoms with Crippen LogP contribution in [0.4, 0.5) is 10.5 Å². The number of benzene rings is 2. The molecule has 3 aliphatic rings. The van der Waals surface area contributed by atoms with Crippen molar-refractivity contribution in [2.24, 2.45) is 5.92 Å². The minimum atomic E-state index is -1.16. The zero-order valence-corrected chi connectivity index (χ0v) is 18.9. The van der Waals surface area contributed by atoms with Crippen LogP contribution in [0.2, 0.25) is 0 Å². The van der Waals surface area contributed by atoms with Gasteiger partial charge in [0.1, 0.15) is 12.1 Å². The summed E-state index contributed by atoms with van der Waals surface area (Å²) in [6.45, 7) is 0.476. The van der Waals surface area contributed by atoms with Crippen molar-refractivity contribution >= 4 is 23.7 Å². The maximum absolute atomic E-state index is 13.2. The number of fused-ring (bicyclic) bond motifs is 4. The van der Waals surface area contributed by atoms with Gasteiger partial charge >= 0.3 is 12.1 Å². The second kappa shape index (κ2) is 8.01. The minimum absolute atomic E-state index is 0.0359. The molecule has 2 N–H and O–H groups in total. The van der Waals surface area contributed by atoms with E-state index in [1.54, 1.807) is 0 Å². The molecule has 35 heavy (non-hydrogen) atoms. The maximum atomic E-state index is 13.2. The molecule has 2 aliphatic carbocycles. The molecule has 0 spiro atoms. The molecule has 2 amide bonds. The van der Waals surface area contributed by atoms with Crippen LogP contribution in [0.15, 0.2) is 65.3 Å². The lowest BCUT2D eigenvalue weighted by molar-refractivity contribution is -0.145. The first kappa shape index (κ1) is 21.5. The quantitative estimate of drug-likeness (QED) is 0.556. The van der Waals surface area contributed by atoms with E-state index in [0.29, 0.717) is 13.0 Å². The molecule has 1 saturated carbocycles. The molecule has 2 fully saturated rings. The molecule has 1 aromatic heterocycles. The normalized spacial score (nSPS) is 22.1. The summed E-state index contributed by atoms with van der Waals surface area (Å²) in [5.41, 5.74) is 3.46. The van der Waals surface area contributed by atoms with Crippen LogP contribution in [0.5, 0.6) is 0 Å². The van der Waals surface area contributed by atoms with Gasteiger partial charge in [-0.3, -0.25) is 10.1 Å². The van der Waals surface area contributed by atoms with Gasteiger partial charge in [0.2, 0.25) is 5.76 Å². The average molecular weight is 472 g/mol. The average Bonchev–Trinajstić information content (AvgIpc) is 3.34. The van der Waals surface area contributed by atoms with E-state index >= 15 is 0 Å². The van der Waals surface area contributed by atoms with Gasteiger partial charge < -0.3 is 19.2 Å². The number of carbonyl (C=O) groups excluding carboxylic acids is 2. The van der Waals surface area contributed by atoms with Crippen molar-refractivity contribution in [1.29, 1.82) is 0 Å². The molecule has 2 heterocycles. The van der Waals surface area contributed by atoms with Crippen molar-refractivity contribution in [1.82, 2.24) is 4.90 Å². The first-order chi connectivity index (χ1) is 17.0. The summed E-state index contributed by atoms with van der Waals surface area (Å²) in [6.07, 6.45) is 2.57. The molecule has 0 radical (unpaired) electrons. The summed E-state index contributed by atoms with van der Waals surface area (Å²) < 4.78 is 11.0. The Hall–Kier alpha value is -4.07. The minimum Gasteiger partial charge on any atom is -0.479 e. The monoisotopic (exact) mass is 472 g/mol. The molecule has 6 rings (SSSR count). The smallest absolute Gasteiger partial charge is 0.411 e. The SMILES string of the molecule is O=C(Nc1ccoc1C(=O)N1CCCC2CC21C(=O)O)OCC1c2ccccc2-c2ccccc21. The summed E-state index contributed by atoms with van der Waals surface area (Å²) in [5, 5.41) is 12.4. The standard InChI is InChI=1S/C27H24N2O6/c30-24(29-12-5-6-16-14-27(16,29)25(31)32)23-22(11-13-34-23)28-26(33)35-15-21-19-9-3-1-7-17(19)18-8-2-4-10-20(18)21/h1-4,7-11,13,16,21H,5-6,12,14-15H2,(H,28,33)(H,31,32). The number of furan rings is 1. The van der Waals surface area contributed by atoms with Gasteiger partial charge in [-0.25, -0.2) is 9.59 Å². The third-order valence-corrected chi connectivity index (χ3v) is 7.54. The molecule has 8 heteroatoms. The number of nitrogens with zero attached hydrogens (tertiary/aromatic N) is 1. The number of nitrogens with one attached hydrogen (secondary N) is 1. The molecule has 2 unspecified atom stereocenters. The van der Waals surface area contributed by atoms with Gasteiger partial charge in [0.25, 0.3) is 5.91 Å². The Balaban J connectivity index is 1.16. The number of carboxylic acids is 1. The number of likely N-dealkylation sites (tertiary alicyclic amines) is 1. The van der Waals surface area contributed by atoms with Crippen molar-refractivity contribution in [2.75, 3.05) is 18.5 Å². The zero-order chi connectivity index (χ0) is 24.2. The topological polar surface area (TPSA) is 109 Å². The molecule has 8 nitrogen and oxygen atoms in total. The van der Waals surface area contributed by atoms with Crippen LogP contribution in [-0.2, 0) is 9.53 Å². The van der Waals surface area contributed by atoms with Gasteiger partial charge in [-0.1, -0.05) is 48.5 Å². The predicted molar refractivity (Wildman–Crippen MR) is 126 cm³/mol. The molecular formula is C27H24N2O6. The van der Waals surface area contributed by atoms with Crippen molar-refractivity contribution in [2.45, 2.75) is 30.7 Å². The van der Waals surface area contributed by atoms with Gasteiger partial charge in [0.05, 0.1) is 12.0 Å². The van der Waals surface area contributed by atoms with Crippen LogP contribution in [0.1, 0.15) is 46.9 Å². The first-order valence-corrected chi connectivity index (χ1v) is 11.8. The Labute approximate surface area is 201 Å². The van der Waals surface area contributed by atoms with Gasteiger partial charge in [0, 0.05) is 18.5 Å². The highest BCUT2D eigenvalue weighted by Gasteiger charge is 2.67. The van der Waals surface area contributed by atoms with Gasteiger partial charge in [-0.05, 0) is 47.4 Å². The van der Waals surface area contributed by atoms with Gasteiger partial charge in [-0.2, -0.15) is 0 Å². The van der Waals surface area contributed by atoms with E-state index in [1.165, 1.54) is 17.2 Å². The highest BCUT2D eigenvalue weighted by atomic mass is 16.5. The van der Waals surface area contributed by atoms with E-state index in [4.69, 9.17) is 9.15 Å². The predicted octanol–water partition coefficient (Wildman–Crippen LogP) is 4.72. The Morgan fingerprint density at radius 1 is 1.06 bits per heavy atom. The van der Waals surface area contributed by atoms with E-state index in [0.717, 1.165) is 35.1 Å². The lowest BCUT2D eigenvalue weighted by Gasteiger charge is -2.33. The lowest BCUT2D eigenvalue weighted by Crippen LogP contribution is -2.51. The number of rotatable bonds is 5. The Morgan fingerprint density at radius 3 is 2.43 bits per heavy atom. The van der Waals surface area contributed by atoms with E-state index in [9.17, 15) is 19.5 Å². The maximum Gasteiger partial charge on any atom is 0.411 e. The Bertz CT molecular complexity index is 1300. The number of ether oxygens (including phenoxy) is 1. The number of aliphatic carboxylic acids is 1. The number of anilines is 1. The van der Waals surface area contributed by atoms with E-state index in [-0.39, 0.29) is 29.9 Å². The molecule has 3 aromatic rings. The Morgan fingerprint density at radius 2 is 1.74 bits per heavy atom. The third kappa shape index (κ3) is 3.31. The Kier molecular flexibility index (Phi) is 4.91. The number of hydrogen-bond donors (Lipinski definition) is 2. The fraction of sp³-hybridized carbons (Fsp3) is 0.296. The van der Waals surface area contributed by atoms with Crippen LogP contribution in [0.3, 0.4) is 0 Å². The van der Waals surface area contributed by atoms with Gasteiger partial charge in [0.15, 0.2) is 0 Å². The van der Waals surface area contributed by atoms with E-state index in [2.05, 4.69) is 17.4 Å². The summed E-state index contributed by atoms with van der Waals surface area (Å²) >= 11 is 0. The van der Waals surface area contributed by atoms with Crippen molar-refractivity contribution < 1.29 is 28.6 Å². The number of amides is 2. The molecule has 1 aliphatic heterocycles. The molecular weight excluding hydrogens is 448 g/mol. The fourth-order valence-corrected chi connectivity index (χ4v) is 5.78. The van der Waals surface area contributed by atoms with Crippen LogP contribution >= 0.6 is 0 Å². The summed E-state index contributed by atoms with van der Waals surface area (Å²) in [6, 6.07) is 17.6. The third-order valence-electron chi connectivity index (χ3n) is 7.54. The fourth-order valence-electron chi connectivity index (χ4n) is 5.78. The second-order valence-electron chi connectivity index (χ2n) is 9.34. The molecule has 1 saturated heterocycles. The molecule has 2 aromatic carbocycles. The zero-order valence-electron chi connectivity index (χ0n) is 18.9. The van der Waals surface area contributed by atoms with Crippen LogP contribution < -0.4 is 5.32 Å². The summed E-state index contributed by atoms with van der Waals surface area (Å²) in [5.74, 6) is -1.74. The summed E-state index contributed by atoms with van der Waals surface area (Å²) in [4.78, 5) is 39.2. The van der Waals surface area contributed by atoms with Crippen molar-refractivity contribution in [3.05, 3.63) is 77.7 Å². The highest BCUT2D eigenvalue weighted by molar-refractivity contribution is 6.03. The van der Waals surface area contributed by atoms with Crippen LogP contribution in [0, 0.1) is 5.92 Å². The lowest BCUT2D eigenvalue weighted by atomic mass is 9.98.